The van der Waals surface area contributed by atoms with Crippen LogP contribution in [0.4, 0.5) is 5.69 Å². The molecule has 2 unspecified atom stereocenters. The molecule has 1 aliphatic rings. The Morgan fingerprint density at radius 1 is 1.25 bits per heavy atom. The van der Waals surface area contributed by atoms with Gasteiger partial charge in [0.05, 0.1) is 19.1 Å². The van der Waals surface area contributed by atoms with Crippen LogP contribution in [0.5, 0.6) is 0 Å². The predicted octanol–water partition coefficient (Wildman–Crippen LogP) is 0.301. The fourth-order valence-electron chi connectivity index (χ4n) is 2.03. The number of ether oxygens (including phenoxy) is 1. The van der Waals surface area contributed by atoms with Crippen LogP contribution in [0.15, 0.2) is 24.3 Å². The van der Waals surface area contributed by atoms with Crippen molar-refractivity contribution >= 4 is 17.5 Å². The molecule has 6 heteroatoms. The molecule has 2 rings (SSSR count). The second-order valence-corrected chi connectivity index (χ2v) is 5.07. The van der Waals surface area contributed by atoms with Gasteiger partial charge in [-0.05, 0) is 24.3 Å². The topological polar surface area (TPSA) is 84.7 Å². The lowest BCUT2D eigenvalue weighted by Crippen LogP contribution is -2.37. The first kappa shape index (κ1) is 14.5. The Kier molecular flexibility index (Phi) is 4.36. The molecule has 0 spiro atoms. The number of hydrogen-bond donors (Lipinski definition) is 2. The van der Waals surface area contributed by atoms with Gasteiger partial charge in [0.25, 0.3) is 5.91 Å². The Labute approximate surface area is 117 Å². The van der Waals surface area contributed by atoms with Gasteiger partial charge in [0.1, 0.15) is 0 Å². The summed E-state index contributed by atoms with van der Waals surface area (Å²) >= 11 is 0. The average molecular weight is 277 g/mol. The van der Waals surface area contributed by atoms with Crippen LogP contribution in [0.2, 0.25) is 0 Å². The first-order chi connectivity index (χ1) is 9.49. The van der Waals surface area contributed by atoms with Gasteiger partial charge in [0, 0.05) is 31.4 Å². The summed E-state index contributed by atoms with van der Waals surface area (Å²) < 4.78 is 5.17. The van der Waals surface area contributed by atoms with Crippen LogP contribution in [-0.2, 0) is 9.53 Å². The van der Waals surface area contributed by atoms with Gasteiger partial charge in [-0.2, -0.15) is 0 Å². The van der Waals surface area contributed by atoms with Crippen molar-refractivity contribution < 1.29 is 14.3 Å². The van der Waals surface area contributed by atoms with E-state index < -0.39 is 0 Å². The summed E-state index contributed by atoms with van der Waals surface area (Å²) in [6.07, 6.45) is 0. The number of nitrogens with zero attached hydrogens (tertiary/aromatic N) is 1. The van der Waals surface area contributed by atoms with Crippen LogP contribution in [0, 0.1) is 5.92 Å². The number of benzene rings is 1. The summed E-state index contributed by atoms with van der Waals surface area (Å²) in [7, 11) is 3.39. The molecule has 1 heterocycles. The molecule has 6 nitrogen and oxygen atoms in total. The largest absolute Gasteiger partial charge is 0.379 e. The van der Waals surface area contributed by atoms with E-state index in [1.54, 1.807) is 38.4 Å². The number of rotatable bonds is 3. The molecule has 1 aliphatic heterocycles. The fraction of sp³-hybridized carbons (Fsp3) is 0.429. The van der Waals surface area contributed by atoms with Crippen LogP contribution < -0.4 is 11.1 Å². The molecular weight excluding hydrogens is 258 g/mol. The van der Waals surface area contributed by atoms with E-state index >= 15 is 0 Å². The van der Waals surface area contributed by atoms with E-state index in [-0.39, 0.29) is 23.8 Å². The quantitative estimate of drug-likeness (QED) is 0.832. The summed E-state index contributed by atoms with van der Waals surface area (Å²) in [5.41, 5.74) is 7.02. The van der Waals surface area contributed by atoms with E-state index in [1.807, 2.05) is 0 Å². The van der Waals surface area contributed by atoms with Gasteiger partial charge in [-0.25, -0.2) is 0 Å². The zero-order chi connectivity index (χ0) is 14.7. The number of nitrogens with one attached hydrogen (secondary N) is 1. The SMILES string of the molecule is CN(C)C(=O)c1ccc(NC(=O)C2COCC2N)cc1. The average Bonchev–Trinajstić information content (AvgIpc) is 2.85. The molecule has 108 valence electrons. The van der Waals surface area contributed by atoms with Crippen molar-refractivity contribution in [2.45, 2.75) is 6.04 Å². The van der Waals surface area contributed by atoms with Gasteiger partial charge >= 0.3 is 0 Å². The van der Waals surface area contributed by atoms with Crippen molar-refractivity contribution in [3.05, 3.63) is 29.8 Å². The number of carbonyl (C=O) groups excluding carboxylic acids is 2. The molecule has 1 fully saturated rings. The van der Waals surface area contributed by atoms with Crippen molar-refractivity contribution in [2.24, 2.45) is 11.7 Å². The standard InChI is InChI=1S/C14H19N3O3/c1-17(2)14(19)9-3-5-10(6-4-9)16-13(18)11-7-20-8-12(11)15/h3-6,11-12H,7-8,15H2,1-2H3,(H,16,18). The Morgan fingerprint density at radius 3 is 2.40 bits per heavy atom. The number of anilines is 1. The maximum Gasteiger partial charge on any atom is 0.253 e. The molecule has 0 saturated carbocycles. The number of carbonyl (C=O) groups is 2. The third kappa shape index (κ3) is 3.15. The zero-order valence-corrected chi connectivity index (χ0v) is 11.6. The Morgan fingerprint density at radius 2 is 1.90 bits per heavy atom. The monoisotopic (exact) mass is 277 g/mol. The van der Waals surface area contributed by atoms with Crippen molar-refractivity contribution in [1.82, 2.24) is 4.90 Å². The normalized spacial score (nSPS) is 21.6. The molecule has 2 amide bonds. The van der Waals surface area contributed by atoms with E-state index in [9.17, 15) is 9.59 Å². The van der Waals surface area contributed by atoms with E-state index in [1.165, 1.54) is 4.90 Å². The summed E-state index contributed by atoms with van der Waals surface area (Å²) in [5, 5.41) is 2.79. The van der Waals surface area contributed by atoms with Gasteiger partial charge < -0.3 is 20.7 Å². The summed E-state index contributed by atoms with van der Waals surface area (Å²) in [6.45, 7) is 0.762. The molecular formula is C14H19N3O3. The van der Waals surface area contributed by atoms with Gasteiger partial charge in [0.15, 0.2) is 0 Å². The smallest absolute Gasteiger partial charge is 0.253 e. The highest BCUT2D eigenvalue weighted by atomic mass is 16.5. The molecule has 1 aromatic rings. The summed E-state index contributed by atoms with van der Waals surface area (Å²) in [6, 6.07) is 6.52. The molecule has 1 saturated heterocycles. The van der Waals surface area contributed by atoms with Gasteiger partial charge in [-0.1, -0.05) is 0 Å². The second kappa shape index (κ2) is 6.02. The number of amides is 2. The lowest BCUT2D eigenvalue weighted by Gasteiger charge is -2.14. The summed E-state index contributed by atoms with van der Waals surface area (Å²) in [4.78, 5) is 25.2. The molecule has 0 aromatic heterocycles. The van der Waals surface area contributed by atoms with E-state index in [2.05, 4.69) is 5.32 Å². The second-order valence-electron chi connectivity index (χ2n) is 5.07. The van der Waals surface area contributed by atoms with Crippen LogP contribution in [0.3, 0.4) is 0 Å². The first-order valence-electron chi connectivity index (χ1n) is 6.45. The van der Waals surface area contributed by atoms with Gasteiger partial charge in [-0.15, -0.1) is 0 Å². The fourth-order valence-corrected chi connectivity index (χ4v) is 2.03. The van der Waals surface area contributed by atoms with Crippen LogP contribution in [0.25, 0.3) is 0 Å². The van der Waals surface area contributed by atoms with Crippen molar-refractivity contribution in [1.29, 1.82) is 0 Å². The maximum absolute atomic E-state index is 12.0. The van der Waals surface area contributed by atoms with Gasteiger partial charge in [0.2, 0.25) is 5.91 Å². The highest BCUT2D eigenvalue weighted by Gasteiger charge is 2.31. The van der Waals surface area contributed by atoms with E-state index in [4.69, 9.17) is 10.5 Å². The Bertz CT molecular complexity index is 499. The lowest BCUT2D eigenvalue weighted by atomic mass is 10.0. The van der Waals surface area contributed by atoms with E-state index in [0.29, 0.717) is 24.5 Å². The van der Waals surface area contributed by atoms with Crippen molar-refractivity contribution in [2.75, 3.05) is 32.6 Å². The predicted molar refractivity (Wildman–Crippen MR) is 75.4 cm³/mol. The van der Waals surface area contributed by atoms with Crippen LogP contribution >= 0.6 is 0 Å². The molecule has 0 aliphatic carbocycles. The molecule has 3 N–H and O–H groups in total. The molecule has 0 radical (unpaired) electrons. The number of hydrogen-bond acceptors (Lipinski definition) is 4. The Balaban J connectivity index is 2.00. The molecule has 1 aromatic carbocycles. The van der Waals surface area contributed by atoms with Crippen molar-refractivity contribution in [3.8, 4) is 0 Å². The van der Waals surface area contributed by atoms with E-state index in [0.717, 1.165) is 0 Å². The van der Waals surface area contributed by atoms with Crippen molar-refractivity contribution in [3.63, 3.8) is 0 Å². The Hall–Kier alpha value is -1.92. The maximum atomic E-state index is 12.0. The van der Waals surface area contributed by atoms with Gasteiger partial charge in [-0.3, -0.25) is 9.59 Å². The minimum absolute atomic E-state index is 0.0749. The van der Waals surface area contributed by atoms with Crippen LogP contribution in [0.1, 0.15) is 10.4 Å². The molecule has 20 heavy (non-hydrogen) atoms. The molecule has 0 bridgehead atoms. The third-order valence-corrected chi connectivity index (χ3v) is 3.27. The highest BCUT2D eigenvalue weighted by molar-refractivity contribution is 5.96. The molecule has 2 atom stereocenters. The third-order valence-electron chi connectivity index (χ3n) is 3.27. The summed E-state index contributed by atoms with van der Waals surface area (Å²) in [5.74, 6) is -0.547. The zero-order valence-electron chi connectivity index (χ0n) is 11.6. The lowest BCUT2D eigenvalue weighted by molar-refractivity contribution is -0.120. The first-order valence-corrected chi connectivity index (χ1v) is 6.45. The minimum atomic E-state index is -0.321. The highest BCUT2D eigenvalue weighted by Crippen LogP contribution is 2.16. The number of nitrogens with two attached hydrogens (primary N) is 1. The van der Waals surface area contributed by atoms with Crippen LogP contribution in [-0.4, -0.2) is 50.1 Å². The minimum Gasteiger partial charge on any atom is -0.379 e.